The molecule has 0 aliphatic rings. The third-order valence-electron chi connectivity index (χ3n) is 3.80. The molecule has 0 aliphatic heterocycles. The molecule has 2 aromatic carbocycles. The zero-order valence-electron chi connectivity index (χ0n) is 13.7. The first-order chi connectivity index (χ1) is 11.5. The minimum absolute atomic E-state index is 0.0812. The van der Waals surface area contributed by atoms with Gasteiger partial charge in [-0.3, -0.25) is 0 Å². The van der Waals surface area contributed by atoms with Crippen LogP contribution < -0.4 is 4.74 Å². The Balaban J connectivity index is 2.15. The van der Waals surface area contributed by atoms with Gasteiger partial charge in [0.05, 0.1) is 7.11 Å². The topological polar surface area (TPSA) is 68.7 Å². The van der Waals surface area contributed by atoms with Crippen molar-refractivity contribution in [2.75, 3.05) is 7.11 Å². The number of nitrogens with zero attached hydrogens (tertiary/aromatic N) is 1. The quantitative estimate of drug-likeness (QED) is 0.734. The Morgan fingerprint density at radius 1 is 1.08 bits per heavy atom. The van der Waals surface area contributed by atoms with E-state index in [0.717, 1.165) is 16.7 Å². The monoisotopic (exact) mass is 323 g/mol. The molecule has 0 atom stereocenters. The number of hydrogen-bond donors (Lipinski definition) is 1. The minimum atomic E-state index is -0.665. The lowest BCUT2D eigenvalue weighted by Crippen LogP contribution is -2.06. The average molecular weight is 323 g/mol. The Hall–Kier alpha value is -3.08. The van der Waals surface area contributed by atoms with Crippen LogP contribution >= 0.6 is 0 Å². The highest BCUT2D eigenvalue weighted by molar-refractivity contribution is 6.01. The van der Waals surface area contributed by atoms with Crippen molar-refractivity contribution >= 4 is 16.7 Å². The molecule has 5 heteroatoms. The van der Waals surface area contributed by atoms with Gasteiger partial charge >= 0.3 is 5.97 Å². The largest absolute Gasteiger partial charge is 0.505 e. The summed E-state index contributed by atoms with van der Waals surface area (Å²) in [5.74, 6) is 0.520. The van der Waals surface area contributed by atoms with Crippen molar-refractivity contribution in [3.63, 3.8) is 0 Å². The molecule has 0 saturated heterocycles. The summed E-state index contributed by atoms with van der Waals surface area (Å²) in [5.41, 5.74) is 1.32. The Morgan fingerprint density at radius 3 is 2.46 bits per heavy atom. The second-order valence-corrected chi connectivity index (χ2v) is 5.46. The molecule has 3 aromatic rings. The van der Waals surface area contributed by atoms with E-state index in [1.165, 1.54) is 7.11 Å². The van der Waals surface area contributed by atoms with Crippen molar-refractivity contribution in [1.29, 1.82) is 0 Å². The molecule has 0 spiro atoms. The lowest BCUT2D eigenvalue weighted by molar-refractivity contribution is 0.0590. The van der Waals surface area contributed by atoms with Gasteiger partial charge < -0.3 is 14.6 Å². The minimum Gasteiger partial charge on any atom is -0.505 e. The number of carbonyl (C=O) groups is 1. The van der Waals surface area contributed by atoms with E-state index in [1.54, 1.807) is 13.0 Å². The molecule has 0 aliphatic carbocycles. The lowest BCUT2D eigenvalue weighted by atomic mass is 10.0. The summed E-state index contributed by atoms with van der Waals surface area (Å²) in [6.07, 6.45) is 0. The molecule has 0 saturated carbocycles. The van der Waals surface area contributed by atoms with E-state index < -0.39 is 5.97 Å². The molecule has 5 nitrogen and oxygen atoms in total. The van der Waals surface area contributed by atoms with Crippen LogP contribution in [0.25, 0.3) is 10.8 Å². The highest BCUT2D eigenvalue weighted by Gasteiger charge is 2.20. The highest BCUT2D eigenvalue weighted by atomic mass is 16.5. The van der Waals surface area contributed by atoms with Crippen LogP contribution in [0, 0.1) is 13.8 Å². The maximum atomic E-state index is 11.8. The van der Waals surface area contributed by atoms with Crippen LogP contribution in [0.5, 0.6) is 17.2 Å². The molecule has 0 amide bonds. The molecule has 0 bridgehead atoms. The number of fused-ring (bicyclic) bond motifs is 1. The molecular weight excluding hydrogens is 306 g/mol. The van der Waals surface area contributed by atoms with Crippen LogP contribution in [0.15, 0.2) is 42.5 Å². The van der Waals surface area contributed by atoms with Gasteiger partial charge in [-0.2, -0.15) is 0 Å². The second kappa shape index (κ2) is 6.20. The number of hydrogen-bond acceptors (Lipinski definition) is 5. The van der Waals surface area contributed by atoms with Crippen LogP contribution in [0.3, 0.4) is 0 Å². The molecule has 24 heavy (non-hydrogen) atoms. The average Bonchev–Trinajstić information content (AvgIpc) is 2.58. The number of rotatable bonds is 3. The van der Waals surface area contributed by atoms with Crippen molar-refractivity contribution in [2.45, 2.75) is 13.8 Å². The Labute approximate surface area is 139 Å². The number of aromatic nitrogens is 1. The van der Waals surface area contributed by atoms with Crippen molar-refractivity contribution in [3.05, 3.63) is 59.4 Å². The standard InChI is InChI=1S/C19H17NO4/c1-11-9-14(24-13-7-5-4-6-8-13)10-15-12(2)20-17(19(22)23-3)18(21)16(11)15/h4-10,21H,1-3H3. The number of esters is 1. The van der Waals surface area contributed by atoms with Crippen molar-refractivity contribution < 1.29 is 19.4 Å². The maximum Gasteiger partial charge on any atom is 0.360 e. The number of pyridine rings is 1. The van der Waals surface area contributed by atoms with E-state index >= 15 is 0 Å². The van der Waals surface area contributed by atoms with Gasteiger partial charge in [0.2, 0.25) is 0 Å². The number of aryl methyl sites for hydroxylation is 2. The summed E-state index contributed by atoms with van der Waals surface area (Å²) < 4.78 is 10.5. The van der Waals surface area contributed by atoms with Gasteiger partial charge in [-0.25, -0.2) is 9.78 Å². The van der Waals surface area contributed by atoms with Gasteiger partial charge in [0, 0.05) is 16.5 Å². The fraction of sp³-hybridized carbons (Fsp3) is 0.158. The smallest absolute Gasteiger partial charge is 0.360 e. The molecule has 1 heterocycles. The molecule has 0 unspecified atom stereocenters. The predicted molar refractivity (Wildman–Crippen MR) is 90.7 cm³/mol. The van der Waals surface area contributed by atoms with E-state index in [2.05, 4.69) is 9.72 Å². The fourth-order valence-electron chi connectivity index (χ4n) is 2.68. The Kier molecular flexibility index (Phi) is 4.08. The van der Waals surface area contributed by atoms with Gasteiger partial charge in [0.1, 0.15) is 11.5 Å². The summed E-state index contributed by atoms with van der Waals surface area (Å²) in [7, 11) is 1.26. The number of benzene rings is 2. The number of aromatic hydroxyl groups is 1. The number of methoxy groups -OCH3 is 1. The molecular formula is C19H17NO4. The molecule has 0 fully saturated rings. The second-order valence-electron chi connectivity index (χ2n) is 5.46. The Morgan fingerprint density at radius 2 is 1.79 bits per heavy atom. The highest BCUT2D eigenvalue weighted by Crippen LogP contribution is 2.36. The van der Waals surface area contributed by atoms with Gasteiger partial charge in [0.15, 0.2) is 11.4 Å². The summed E-state index contributed by atoms with van der Waals surface area (Å²) in [6, 6.07) is 13.0. The van der Waals surface area contributed by atoms with Crippen LogP contribution in [0.4, 0.5) is 0 Å². The van der Waals surface area contributed by atoms with E-state index in [0.29, 0.717) is 16.8 Å². The van der Waals surface area contributed by atoms with Crippen LogP contribution in [-0.2, 0) is 4.74 Å². The predicted octanol–water partition coefficient (Wildman–Crippen LogP) is 4.14. The van der Waals surface area contributed by atoms with Crippen LogP contribution in [0.2, 0.25) is 0 Å². The summed E-state index contributed by atoms with van der Waals surface area (Å²) in [4.78, 5) is 16.0. The van der Waals surface area contributed by atoms with E-state index in [1.807, 2.05) is 43.3 Å². The Bertz CT molecular complexity index is 920. The zero-order chi connectivity index (χ0) is 17.3. The van der Waals surface area contributed by atoms with E-state index in [9.17, 15) is 9.90 Å². The first kappa shape index (κ1) is 15.8. The molecule has 1 aromatic heterocycles. The summed E-state index contributed by atoms with van der Waals surface area (Å²) >= 11 is 0. The summed E-state index contributed by atoms with van der Waals surface area (Å²) in [5, 5.41) is 11.7. The molecule has 0 radical (unpaired) electrons. The lowest BCUT2D eigenvalue weighted by Gasteiger charge is -2.13. The van der Waals surface area contributed by atoms with Gasteiger partial charge in [-0.15, -0.1) is 0 Å². The van der Waals surface area contributed by atoms with Crippen molar-refractivity contribution in [2.24, 2.45) is 0 Å². The first-order valence-corrected chi connectivity index (χ1v) is 7.46. The fourth-order valence-corrected chi connectivity index (χ4v) is 2.68. The normalized spacial score (nSPS) is 10.6. The van der Waals surface area contributed by atoms with E-state index in [4.69, 9.17) is 4.74 Å². The number of carbonyl (C=O) groups excluding carboxylic acids is 1. The first-order valence-electron chi connectivity index (χ1n) is 7.46. The molecule has 1 N–H and O–H groups in total. The summed E-state index contributed by atoms with van der Waals surface area (Å²) in [6.45, 7) is 3.63. The third kappa shape index (κ3) is 2.76. The molecule has 3 rings (SSSR count). The van der Waals surface area contributed by atoms with Crippen LogP contribution in [-0.4, -0.2) is 23.2 Å². The van der Waals surface area contributed by atoms with Crippen molar-refractivity contribution in [1.82, 2.24) is 4.98 Å². The number of para-hydroxylation sites is 1. The third-order valence-corrected chi connectivity index (χ3v) is 3.80. The van der Waals surface area contributed by atoms with Gasteiger partial charge in [-0.05, 0) is 43.7 Å². The van der Waals surface area contributed by atoms with Gasteiger partial charge in [0.25, 0.3) is 0 Å². The van der Waals surface area contributed by atoms with E-state index in [-0.39, 0.29) is 11.4 Å². The SMILES string of the molecule is COC(=O)c1nc(C)c2cc(Oc3ccccc3)cc(C)c2c1O. The van der Waals surface area contributed by atoms with Gasteiger partial charge in [-0.1, -0.05) is 18.2 Å². The van der Waals surface area contributed by atoms with Crippen molar-refractivity contribution in [3.8, 4) is 17.2 Å². The number of ether oxygens (including phenoxy) is 2. The maximum absolute atomic E-state index is 11.8. The zero-order valence-corrected chi connectivity index (χ0v) is 13.7. The molecule has 122 valence electrons. The van der Waals surface area contributed by atoms with Crippen LogP contribution in [0.1, 0.15) is 21.7 Å².